The highest BCUT2D eigenvalue weighted by molar-refractivity contribution is 8.01. The van der Waals surface area contributed by atoms with E-state index in [0.29, 0.717) is 14.4 Å². The van der Waals surface area contributed by atoms with E-state index in [9.17, 15) is 22.8 Å². The van der Waals surface area contributed by atoms with Crippen molar-refractivity contribution in [2.24, 2.45) is 0 Å². The first-order valence-corrected chi connectivity index (χ1v) is 10.9. The van der Waals surface area contributed by atoms with E-state index in [1.165, 1.54) is 36.4 Å². The molecule has 2 amide bonds. The highest BCUT2D eigenvalue weighted by Crippen LogP contribution is 2.35. The lowest BCUT2D eigenvalue weighted by atomic mass is 10.1. The zero-order chi connectivity index (χ0) is 22.6. The Morgan fingerprint density at radius 2 is 1.71 bits per heavy atom. The summed E-state index contributed by atoms with van der Waals surface area (Å²) in [4.78, 5) is 24.3. The number of alkyl halides is 3. The number of anilines is 2. The maximum absolute atomic E-state index is 13.0. The van der Waals surface area contributed by atoms with E-state index in [4.69, 9.17) is 23.2 Å². The number of thioether (sulfide) groups is 1. The van der Waals surface area contributed by atoms with Gasteiger partial charge < -0.3 is 5.32 Å². The van der Waals surface area contributed by atoms with Gasteiger partial charge in [0.1, 0.15) is 0 Å². The number of aromatic nitrogens is 2. The molecule has 3 rings (SSSR count). The van der Waals surface area contributed by atoms with Crippen LogP contribution in [0.4, 0.5) is 24.0 Å². The fourth-order valence-electron chi connectivity index (χ4n) is 2.33. The van der Waals surface area contributed by atoms with Crippen molar-refractivity contribution in [2.75, 3.05) is 16.4 Å². The van der Waals surface area contributed by atoms with Gasteiger partial charge in [0.15, 0.2) is 4.34 Å². The monoisotopic (exact) mass is 506 g/mol. The van der Waals surface area contributed by atoms with Crippen molar-refractivity contribution in [3.8, 4) is 0 Å². The van der Waals surface area contributed by atoms with Crippen LogP contribution in [0.5, 0.6) is 0 Å². The van der Waals surface area contributed by atoms with E-state index in [2.05, 4.69) is 20.8 Å². The molecular formula is C18H11Cl2F3N4O2S2. The average molecular weight is 507 g/mol. The number of carbonyl (C=O) groups is 2. The summed E-state index contributed by atoms with van der Waals surface area (Å²) < 4.78 is 39.3. The fraction of sp³-hybridized carbons (Fsp3) is 0.111. The first kappa shape index (κ1) is 23.3. The Bertz CT molecular complexity index is 1100. The third kappa shape index (κ3) is 6.57. The van der Waals surface area contributed by atoms with Gasteiger partial charge in [-0.2, -0.15) is 13.2 Å². The summed E-state index contributed by atoms with van der Waals surface area (Å²) in [5.41, 5.74) is -1.04. The second kappa shape index (κ2) is 9.86. The molecule has 0 aliphatic rings. The van der Waals surface area contributed by atoms with E-state index in [-0.39, 0.29) is 22.1 Å². The van der Waals surface area contributed by atoms with Crippen molar-refractivity contribution >= 4 is 68.9 Å². The van der Waals surface area contributed by atoms with Gasteiger partial charge in [-0.15, -0.1) is 10.2 Å². The van der Waals surface area contributed by atoms with E-state index in [1.807, 2.05) is 0 Å². The van der Waals surface area contributed by atoms with E-state index < -0.39 is 23.6 Å². The Hall–Kier alpha value is -2.34. The molecule has 6 nitrogen and oxygen atoms in total. The molecule has 2 N–H and O–H groups in total. The van der Waals surface area contributed by atoms with Crippen molar-refractivity contribution in [3.05, 3.63) is 63.6 Å². The van der Waals surface area contributed by atoms with Crippen LogP contribution in [-0.2, 0) is 11.0 Å². The number of para-hydroxylation sites is 1. The minimum atomic E-state index is -4.59. The summed E-state index contributed by atoms with van der Waals surface area (Å²) in [5, 5.41) is 13.2. The number of benzene rings is 2. The molecular weight excluding hydrogens is 496 g/mol. The minimum Gasteiger partial charge on any atom is -0.325 e. The summed E-state index contributed by atoms with van der Waals surface area (Å²) in [6, 6.07) is 9.04. The molecule has 0 radical (unpaired) electrons. The topological polar surface area (TPSA) is 84.0 Å². The van der Waals surface area contributed by atoms with Crippen LogP contribution < -0.4 is 10.6 Å². The normalized spacial score (nSPS) is 11.3. The van der Waals surface area contributed by atoms with Crippen LogP contribution in [0, 0.1) is 0 Å². The van der Waals surface area contributed by atoms with Crippen molar-refractivity contribution < 1.29 is 22.8 Å². The first-order valence-electron chi connectivity index (χ1n) is 8.31. The van der Waals surface area contributed by atoms with Gasteiger partial charge in [-0.1, -0.05) is 58.4 Å². The van der Waals surface area contributed by atoms with Crippen LogP contribution in [0.3, 0.4) is 0 Å². The zero-order valence-corrected chi connectivity index (χ0v) is 18.3. The van der Waals surface area contributed by atoms with E-state index >= 15 is 0 Å². The second-order valence-corrected chi connectivity index (χ2v) is 8.94. The highest BCUT2D eigenvalue weighted by atomic mass is 35.5. The van der Waals surface area contributed by atoms with Crippen LogP contribution >= 0.6 is 46.3 Å². The predicted molar refractivity (Wildman–Crippen MR) is 115 cm³/mol. The quantitative estimate of drug-likeness (QED) is 0.323. The van der Waals surface area contributed by atoms with Gasteiger partial charge in [0.25, 0.3) is 5.91 Å². The van der Waals surface area contributed by atoms with Crippen LogP contribution in [0.15, 0.2) is 46.8 Å². The number of hydrogen-bond donors (Lipinski definition) is 2. The van der Waals surface area contributed by atoms with Crippen LogP contribution in [-0.4, -0.2) is 27.8 Å². The van der Waals surface area contributed by atoms with Gasteiger partial charge in [-0.3, -0.25) is 14.9 Å². The Morgan fingerprint density at radius 3 is 2.39 bits per heavy atom. The molecule has 0 unspecified atom stereocenters. The number of nitrogens with one attached hydrogen (secondary N) is 2. The van der Waals surface area contributed by atoms with E-state index in [1.54, 1.807) is 0 Å². The lowest BCUT2D eigenvalue weighted by Crippen LogP contribution is -2.18. The molecule has 1 heterocycles. The maximum Gasteiger partial charge on any atom is 0.418 e. The van der Waals surface area contributed by atoms with Crippen molar-refractivity contribution in [1.29, 1.82) is 0 Å². The van der Waals surface area contributed by atoms with Gasteiger partial charge in [0.05, 0.1) is 17.0 Å². The number of carbonyl (C=O) groups excluding carboxylic acids is 2. The average Bonchev–Trinajstić information content (AvgIpc) is 3.12. The summed E-state index contributed by atoms with van der Waals surface area (Å²) in [6.45, 7) is 0. The molecule has 0 saturated carbocycles. The second-order valence-electron chi connectivity index (χ2n) is 5.87. The van der Waals surface area contributed by atoms with Crippen LogP contribution in [0.2, 0.25) is 10.0 Å². The molecule has 0 bridgehead atoms. The lowest BCUT2D eigenvalue weighted by Gasteiger charge is -2.13. The number of rotatable bonds is 6. The number of amides is 2. The summed E-state index contributed by atoms with van der Waals surface area (Å²) in [6.07, 6.45) is -4.59. The third-order valence-corrected chi connectivity index (χ3v) is 5.99. The summed E-state index contributed by atoms with van der Waals surface area (Å²) in [7, 11) is 0. The molecule has 2 aromatic carbocycles. The molecule has 0 aliphatic carbocycles. The predicted octanol–water partition coefficient (Wildman–Crippen LogP) is 5.85. The molecule has 0 fully saturated rings. The minimum absolute atomic E-state index is 0.173. The van der Waals surface area contributed by atoms with Crippen molar-refractivity contribution in [2.45, 2.75) is 10.5 Å². The lowest BCUT2D eigenvalue weighted by molar-refractivity contribution is -0.137. The third-order valence-electron chi connectivity index (χ3n) is 3.58. The molecule has 13 heteroatoms. The molecule has 0 atom stereocenters. The molecule has 0 aliphatic heterocycles. The number of halogens is 5. The molecule has 3 aromatic rings. The standard InChI is InChI=1S/C18H11Cl2F3N4O2S2/c19-10-5-9(6-11(20)7-10)15(29)25-16-26-27-17(31-16)30-8-14(28)24-13-4-2-1-3-12(13)18(21,22)23/h1-7H,8H2,(H,24,28)(H,25,26,29). The maximum atomic E-state index is 13.0. The van der Waals surface area contributed by atoms with Crippen LogP contribution in [0.1, 0.15) is 15.9 Å². The smallest absolute Gasteiger partial charge is 0.325 e. The number of nitrogens with zero attached hydrogens (tertiary/aromatic N) is 2. The van der Waals surface area contributed by atoms with Gasteiger partial charge in [-0.25, -0.2) is 0 Å². The van der Waals surface area contributed by atoms with Crippen molar-refractivity contribution in [1.82, 2.24) is 10.2 Å². The van der Waals surface area contributed by atoms with Gasteiger partial charge >= 0.3 is 6.18 Å². The van der Waals surface area contributed by atoms with Gasteiger partial charge in [-0.05, 0) is 30.3 Å². The number of hydrogen-bond acceptors (Lipinski definition) is 6. The Kier molecular flexibility index (Phi) is 7.42. The summed E-state index contributed by atoms with van der Waals surface area (Å²) >= 11 is 13.7. The molecule has 1 aromatic heterocycles. The highest BCUT2D eigenvalue weighted by Gasteiger charge is 2.33. The first-order chi connectivity index (χ1) is 14.6. The largest absolute Gasteiger partial charge is 0.418 e. The molecule has 162 valence electrons. The van der Waals surface area contributed by atoms with Crippen LogP contribution in [0.25, 0.3) is 0 Å². The Balaban J connectivity index is 1.57. The van der Waals surface area contributed by atoms with Gasteiger partial charge in [0.2, 0.25) is 11.0 Å². The zero-order valence-electron chi connectivity index (χ0n) is 15.2. The van der Waals surface area contributed by atoms with Gasteiger partial charge in [0, 0.05) is 15.6 Å². The van der Waals surface area contributed by atoms with E-state index in [0.717, 1.165) is 29.2 Å². The Morgan fingerprint density at radius 1 is 1.03 bits per heavy atom. The fourth-order valence-corrected chi connectivity index (χ4v) is 4.40. The SMILES string of the molecule is O=C(CSc1nnc(NC(=O)c2cc(Cl)cc(Cl)c2)s1)Nc1ccccc1C(F)(F)F. The molecule has 0 spiro atoms. The summed E-state index contributed by atoms with van der Waals surface area (Å²) in [5.74, 6) is -1.34. The Labute approximate surface area is 192 Å². The molecule has 31 heavy (non-hydrogen) atoms. The van der Waals surface area contributed by atoms with Crippen molar-refractivity contribution in [3.63, 3.8) is 0 Å². The molecule has 0 saturated heterocycles.